The zero-order chi connectivity index (χ0) is 17.2. The maximum atomic E-state index is 12.4. The van der Waals surface area contributed by atoms with Crippen molar-refractivity contribution in [3.8, 4) is 0 Å². The van der Waals surface area contributed by atoms with Crippen LogP contribution in [0.4, 0.5) is 5.69 Å². The van der Waals surface area contributed by atoms with E-state index in [1.807, 2.05) is 6.92 Å². The summed E-state index contributed by atoms with van der Waals surface area (Å²) in [5.41, 5.74) is 0.435. The van der Waals surface area contributed by atoms with E-state index >= 15 is 0 Å². The van der Waals surface area contributed by atoms with Crippen LogP contribution in [0.3, 0.4) is 0 Å². The molecular weight excluding hydrogens is 338 g/mol. The molecule has 1 amide bonds. The topological polar surface area (TPSA) is 70.9 Å². The molecule has 1 atom stereocenters. The molecular formula is C15H23ClN3O3S+. The lowest BCUT2D eigenvalue weighted by molar-refractivity contribution is -0.901. The number of hydrogen-bond acceptors (Lipinski definition) is 3. The molecule has 1 aromatic carbocycles. The van der Waals surface area contributed by atoms with Gasteiger partial charge in [-0.1, -0.05) is 11.6 Å². The standard InChI is InChI=1S/C15H22ClN3O3S/c1-11(19-8-4-5-9-19)15(20)17-12-6-7-13(16)14(10-12)23(21,22)18(2)3/h6-7,10-11H,4-5,8-9H2,1-3H3,(H,17,20)/p+1/t11-/m0/s1. The van der Waals surface area contributed by atoms with Crippen molar-refractivity contribution >= 4 is 33.2 Å². The molecule has 8 heteroatoms. The zero-order valence-corrected chi connectivity index (χ0v) is 15.2. The Bertz CT molecular complexity index is 685. The van der Waals surface area contributed by atoms with E-state index in [9.17, 15) is 13.2 Å². The minimum absolute atomic E-state index is 0.0110. The molecule has 0 bridgehead atoms. The molecule has 1 aromatic rings. The number of anilines is 1. The second-order valence-corrected chi connectivity index (χ2v) is 8.54. The number of benzene rings is 1. The van der Waals surface area contributed by atoms with E-state index in [1.165, 1.54) is 31.1 Å². The molecule has 1 aliphatic heterocycles. The highest BCUT2D eigenvalue weighted by Gasteiger charge is 2.28. The summed E-state index contributed by atoms with van der Waals surface area (Å²) in [5.74, 6) is -0.113. The van der Waals surface area contributed by atoms with E-state index in [4.69, 9.17) is 11.6 Å². The average molecular weight is 361 g/mol. The molecule has 1 heterocycles. The van der Waals surface area contributed by atoms with Crippen molar-refractivity contribution < 1.29 is 18.1 Å². The predicted molar refractivity (Wildman–Crippen MR) is 90.3 cm³/mol. The van der Waals surface area contributed by atoms with Gasteiger partial charge in [0.2, 0.25) is 10.0 Å². The fourth-order valence-electron chi connectivity index (χ4n) is 2.67. The normalized spacial score (nSPS) is 17.4. The maximum absolute atomic E-state index is 12.4. The van der Waals surface area contributed by atoms with Crippen LogP contribution in [-0.2, 0) is 14.8 Å². The molecule has 23 heavy (non-hydrogen) atoms. The highest BCUT2D eigenvalue weighted by molar-refractivity contribution is 7.89. The lowest BCUT2D eigenvalue weighted by Crippen LogP contribution is -3.14. The van der Waals surface area contributed by atoms with Gasteiger partial charge >= 0.3 is 0 Å². The maximum Gasteiger partial charge on any atom is 0.282 e. The summed E-state index contributed by atoms with van der Waals surface area (Å²) in [7, 11) is -0.776. The molecule has 0 radical (unpaired) electrons. The molecule has 6 nitrogen and oxygen atoms in total. The van der Waals surface area contributed by atoms with Gasteiger partial charge in [0, 0.05) is 32.6 Å². The van der Waals surface area contributed by atoms with E-state index in [-0.39, 0.29) is 21.9 Å². The first-order valence-electron chi connectivity index (χ1n) is 7.61. The molecule has 0 saturated carbocycles. The Morgan fingerprint density at radius 3 is 2.48 bits per heavy atom. The third kappa shape index (κ3) is 4.03. The molecule has 2 rings (SSSR count). The van der Waals surface area contributed by atoms with Crippen molar-refractivity contribution in [3.05, 3.63) is 23.2 Å². The third-order valence-corrected chi connectivity index (χ3v) is 6.51. The smallest absolute Gasteiger partial charge is 0.282 e. The lowest BCUT2D eigenvalue weighted by atomic mass is 10.2. The highest BCUT2D eigenvalue weighted by atomic mass is 35.5. The Morgan fingerprint density at radius 2 is 1.91 bits per heavy atom. The fourth-order valence-corrected chi connectivity index (χ4v) is 4.07. The SMILES string of the molecule is C[C@@H](C(=O)Nc1ccc(Cl)c(S(=O)(=O)N(C)C)c1)[NH+]1CCCC1. The Morgan fingerprint density at radius 1 is 1.30 bits per heavy atom. The number of carbonyl (C=O) groups is 1. The van der Waals surface area contributed by atoms with E-state index in [0.29, 0.717) is 5.69 Å². The minimum Gasteiger partial charge on any atom is -0.325 e. The second kappa shape index (κ2) is 7.17. The van der Waals surface area contributed by atoms with Crippen molar-refractivity contribution in [1.29, 1.82) is 0 Å². The van der Waals surface area contributed by atoms with Gasteiger partial charge in [0.1, 0.15) is 4.90 Å². The van der Waals surface area contributed by atoms with Crippen molar-refractivity contribution in [3.63, 3.8) is 0 Å². The van der Waals surface area contributed by atoms with Gasteiger partial charge in [-0.2, -0.15) is 0 Å². The van der Waals surface area contributed by atoms with Crippen LogP contribution in [0.25, 0.3) is 0 Å². The first kappa shape index (κ1) is 18.2. The Hall–Kier alpha value is -1.15. The third-order valence-electron chi connectivity index (χ3n) is 4.21. The summed E-state index contributed by atoms with van der Waals surface area (Å²) in [6.45, 7) is 3.88. The quantitative estimate of drug-likeness (QED) is 0.807. The number of likely N-dealkylation sites (tertiary alicyclic amines) is 1. The predicted octanol–water partition coefficient (Wildman–Crippen LogP) is 0.596. The molecule has 2 N–H and O–H groups in total. The van der Waals surface area contributed by atoms with Gasteiger partial charge in [0.25, 0.3) is 5.91 Å². The molecule has 1 saturated heterocycles. The summed E-state index contributed by atoms with van der Waals surface area (Å²) < 4.78 is 25.6. The highest BCUT2D eigenvalue weighted by Crippen LogP contribution is 2.26. The van der Waals surface area contributed by atoms with E-state index in [2.05, 4.69) is 5.32 Å². The fraction of sp³-hybridized carbons (Fsp3) is 0.533. The monoisotopic (exact) mass is 360 g/mol. The van der Waals surface area contributed by atoms with Crippen LogP contribution in [-0.4, -0.2) is 51.9 Å². The molecule has 128 valence electrons. The Kier molecular flexibility index (Phi) is 5.67. The Labute approximate surface area is 142 Å². The summed E-state index contributed by atoms with van der Waals surface area (Å²) in [5, 5.41) is 2.93. The number of quaternary nitrogens is 1. The second-order valence-electron chi connectivity index (χ2n) is 6.01. The number of carbonyl (C=O) groups excluding carboxylic acids is 1. The van der Waals surface area contributed by atoms with Crippen molar-refractivity contribution in [2.75, 3.05) is 32.5 Å². The van der Waals surface area contributed by atoms with Gasteiger partial charge in [-0.05, 0) is 25.1 Å². The minimum atomic E-state index is -3.66. The number of halogens is 1. The van der Waals surface area contributed by atoms with Crippen molar-refractivity contribution in [2.45, 2.75) is 30.7 Å². The molecule has 0 unspecified atom stereocenters. The van der Waals surface area contributed by atoms with E-state index in [0.717, 1.165) is 30.2 Å². The van der Waals surface area contributed by atoms with Gasteiger partial charge in [-0.15, -0.1) is 0 Å². The van der Waals surface area contributed by atoms with Crippen LogP contribution in [0, 0.1) is 0 Å². The van der Waals surface area contributed by atoms with Crippen LogP contribution >= 0.6 is 11.6 Å². The summed E-state index contributed by atoms with van der Waals surface area (Å²) in [6.07, 6.45) is 2.28. The summed E-state index contributed by atoms with van der Waals surface area (Å²) in [4.78, 5) is 13.6. The van der Waals surface area contributed by atoms with Crippen LogP contribution in [0.2, 0.25) is 5.02 Å². The number of amides is 1. The van der Waals surface area contributed by atoms with Gasteiger partial charge < -0.3 is 10.2 Å². The molecule has 0 aliphatic carbocycles. The molecule has 1 fully saturated rings. The number of nitrogens with zero attached hydrogens (tertiary/aromatic N) is 1. The van der Waals surface area contributed by atoms with Crippen molar-refractivity contribution in [1.82, 2.24) is 4.31 Å². The Balaban J connectivity index is 2.19. The molecule has 0 spiro atoms. The van der Waals surface area contributed by atoms with Crippen LogP contribution in [0.1, 0.15) is 19.8 Å². The van der Waals surface area contributed by atoms with E-state index in [1.54, 1.807) is 6.07 Å². The number of sulfonamides is 1. The first-order valence-corrected chi connectivity index (χ1v) is 9.43. The van der Waals surface area contributed by atoms with Gasteiger partial charge in [-0.3, -0.25) is 4.79 Å². The van der Waals surface area contributed by atoms with E-state index < -0.39 is 10.0 Å². The first-order chi connectivity index (χ1) is 10.7. The van der Waals surface area contributed by atoms with Crippen molar-refractivity contribution in [2.24, 2.45) is 0 Å². The van der Waals surface area contributed by atoms with Crippen LogP contribution in [0.15, 0.2) is 23.1 Å². The largest absolute Gasteiger partial charge is 0.325 e. The van der Waals surface area contributed by atoms with Crippen LogP contribution in [0.5, 0.6) is 0 Å². The zero-order valence-electron chi connectivity index (χ0n) is 13.6. The van der Waals surface area contributed by atoms with Gasteiger partial charge in [0.05, 0.1) is 18.1 Å². The summed E-state index contributed by atoms with van der Waals surface area (Å²) >= 11 is 6.00. The lowest BCUT2D eigenvalue weighted by Gasteiger charge is -2.20. The van der Waals surface area contributed by atoms with Gasteiger partial charge in [0.15, 0.2) is 6.04 Å². The molecule has 1 aliphatic rings. The average Bonchev–Trinajstić information content (AvgIpc) is 3.02. The number of rotatable bonds is 5. The number of nitrogens with one attached hydrogen (secondary N) is 2. The number of hydrogen-bond donors (Lipinski definition) is 2. The summed E-state index contributed by atoms with van der Waals surface area (Å²) in [6, 6.07) is 4.34. The van der Waals surface area contributed by atoms with Crippen LogP contribution < -0.4 is 10.2 Å². The van der Waals surface area contributed by atoms with Gasteiger partial charge in [-0.25, -0.2) is 12.7 Å². The molecule has 0 aromatic heterocycles.